The lowest BCUT2D eigenvalue weighted by atomic mass is 9.85. The van der Waals surface area contributed by atoms with Crippen molar-refractivity contribution >= 4 is 0 Å². The van der Waals surface area contributed by atoms with Crippen molar-refractivity contribution in [2.75, 3.05) is 6.67 Å². The minimum Gasteiger partial charge on any atom is -0.309 e. The molecule has 3 nitrogen and oxygen atoms in total. The lowest BCUT2D eigenvalue weighted by molar-refractivity contribution is 0.204. The quantitative estimate of drug-likeness (QED) is 0.605. The lowest BCUT2D eigenvalue weighted by Gasteiger charge is -2.40. The van der Waals surface area contributed by atoms with Crippen LogP contribution in [0.5, 0.6) is 0 Å². The topological polar surface area (TPSA) is 36.1 Å². The number of hydrogen-bond acceptors (Lipinski definition) is 3. The highest BCUT2D eigenvalue weighted by atomic mass is 15.1. The van der Waals surface area contributed by atoms with E-state index in [4.69, 9.17) is 0 Å². The first-order valence-electron chi connectivity index (χ1n) is 6.11. The van der Waals surface area contributed by atoms with Gasteiger partial charge < -0.3 is 16.0 Å². The van der Waals surface area contributed by atoms with Crippen LogP contribution in [0, 0.1) is 0 Å². The molecular formula is C12H27N3. The van der Waals surface area contributed by atoms with Crippen molar-refractivity contribution in [1.29, 1.82) is 0 Å². The predicted octanol–water partition coefficient (Wildman–Crippen LogP) is 1.45. The lowest BCUT2D eigenvalue weighted by Crippen LogP contribution is -2.57. The predicted molar refractivity (Wildman–Crippen MR) is 66.0 cm³/mol. The second-order valence-electron chi connectivity index (χ2n) is 6.00. The van der Waals surface area contributed by atoms with Gasteiger partial charge in [0.2, 0.25) is 0 Å². The Kier molecular flexibility index (Phi) is 4.56. The molecule has 0 radical (unpaired) electrons. The fraction of sp³-hybridized carbons (Fsp3) is 1.00. The highest BCUT2D eigenvalue weighted by molar-refractivity contribution is 4.93. The summed E-state index contributed by atoms with van der Waals surface area (Å²) in [6.07, 6.45) is 2.52. The Labute approximate surface area is 94.4 Å². The summed E-state index contributed by atoms with van der Waals surface area (Å²) in [6.45, 7) is 12.0. The Morgan fingerprint density at radius 2 is 1.73 bits per heavy atom. The van der Waals surface area contributed by atoms with E-state index in [2.05, 4.69) is 50.6 Å². The smallest absolute Gasteiger partial charge is 0.0458 e. The third kappa shape index (κ3) is 5.50. The van der Waals surface area contributed by atoms with Crippen LogP contribution in [0.4, 0.5) is 0 Å². The fourth-order valence-electron chi connectivity index (χ4n) is 1.92. The number of hydrogen-bond donors (Lipinski definition) is 3. The van der Waals surface area contributed by atoms with Crippen LogP contribution < -0.4 is 16.0 Å². The molecule has 1 fully saturated rings. The van der Waals surface area contributed by atoms with Gasteiger partial charge in [-0.1, -0.05) is 0 Å². The van der Waals surface area contributed by atoms with Crippen LogP contribution >= 0.6 is 0 Å². The van der Waals surface area contributed by atoms with Gasteiger partial charge in [0.1, 0.15) is 0 Å². The van der Waals surface area contributed by atoms with Crippen molar-refractivity contribution in [1.82, 2.24) is 16.0 Å². The summed E-state index contributed by atoms with van der Waals surface area (Å²) in [5.74, 6) is 0. The zero-order valence-corrected chi connectivity index (χ0v) is 10.9. The molecule has 15 heavy (non-hydrogen) atoms. The summed E-state index contributed by atoms with van der Waals surface area (Å²) >= 11 is 0. The molecule has 0 unspecified atom stereocenters. The third-order valence-corrected chi connectivity index (χ3v) is 2.68. The van der Waals surface area contributed by atoms with Gasteiger partial charge in [-0.15, -0.1) is 0 Å². The van der Waals surface area contributed by atoms with Gasteiger partial charge in [0.15, 0.2) is 0 Å². The summed E-state index contributed by atoms with van der Waals surface area (Å²) in [5, 5.41) is 10.5. The van der Waals surface area contributed by atoms with E-state index < -0.39 is 0 Å². The van der Waals surface area contributed by atoms with Gasteiger partial charge in [0.25, 0.3) is 0 Å². The second-order valence-corrected chi connectivity index (χ2v) is 6.00. The molecule has 1 rings (SSSR count). The van der Waals surface area contributed by atoms with Crippen LogP contribution in [0.15, 0.2) is 0 Å². The van der Waals surface area contributed by atoms with Crippen molar-refractivity contribution in [2.24, 2.45) is 0 Å². The fourth-order valence-corrected chi connectivity index (χ4v) is 1.92. The summed E-state index contributed by atoms with van der Waals surface area (Å²) in [5.41, 5.74) is 0.256. The van der Waals surface area contributed by atoms with Crippen LogP contribution in [0.25, 0.3) is 0 Å². The molecule has 1 saturated carbocycles. The van der Waals surface area contributed by atoms with E-state index in [1.807, 2.05) is 0 Å². The summed E-state index contributed by atoms with van der Waals surface area (Å²) < 4.78 is 0. The van der Waals surface area contributed by atoms with Crippen LogP contribution in [-0.2, 0) is 0 Å². The molecule has 0 atom stereocenters. The van der Waals surface area contributed by atoms with E-state index in [1.54, 1.807) is 0 Å². The highest BCUT2D eigenvalue weighted by Crippen LogP contribution is 2.21. The second kappa shape index (κ2) is 5.28. The zero-order chi connectivity index (χ0) is 11.5. The Bertz CT molecular complexity index is 178. The van der Waals surface area contributed by atoms with Gasteiger partial charge in [0.05, 0.1) is 0 Å². The minimum absolute atomic E-state index is 0.256. The zero-order valence-electron chi connectivity index (χ0n) is 10.9. The first-order valence-corrected chi connectivity index (χ1v) is 6.11. The van der Waals surface area contributed by atoms with Gasteiger partial charge >= 0.3 is 0 Å². The number of nitrogens with one attached hydrogen (secondary N) is 3. The molecular weight excluding hydrogens is 186 g/mol. The Morgan fingerprint density at radius 3 is 2.20 bits per heavy atom. The van der Waals surface area contributed by atoms with E-state index in [0.29, 0.717) is 18.1 Å². The number of rotatable bonds is 5. The van der Waals surface area contributed by atoms with Crippen molar-refractivity contribution in [3.05, 3.63) is 0 Å². The van der Waals surface area contributed by atoms with Crippen LogP contribution in [-0.4, -0.2) is 30.3 Å². The van der Waals surface area contributed by atoms with E-state index >= 15 is 0 Å². The van der Waals surface area contributed by atoms with Gasteiger partial charge in [-0.2, -0.15) is 0 Å². The largest absolute Gasteiger partial charge is 0.309 e. The first-order chi connectivity index (χ1) is 6.87. The van der Waals surface area contributed by atoms with Gasteiger partial charge in [-0.3, -0.25) is 0 Å². The Hall–Kier alpha value is -0.120. The van der Waals surface area contributed by atoms with Gasteiger partial charge in [0, 0.05) is 30.3 Å². The van der Waals surface area contributed by atoms with Crippen molar-refractivity contribution in [3.8, 4) is 0 Å². The maximum Gasteiger partial charge on any atom is 0.0458 e. The molecule has 0 aromatic carbocycles. The Balaban J connectivity index is 2.01. The van der Waals surface area contributed by atoms with Crippen molar-refractivity contribution in [3.63, 3.8) is 0 Å². The summed E-state index contributed by atoms with van der Waals surface area (Å²) in [7, 11) is 0. The van der Waals surface area contributed by atoms with E-state index in [-0.39, 0.29) is 5.54 Å². The van der Waals surface area contributed by atoms with Gasteiger partial charge in [-0.25, -0.2) is 0 Å². The van der Waals surface area contributed by atoms with E-state index in [0.717, 1.165) is 6.67 Å². The molecule has 0 aromatic rings. The molecule has 1 aliphatic rings. The maximum absolute atomic E-state index is 3.62. The summed E-state index contributed by atoms with van der Waals surface area (Å²) in [6, 6.07) is 1.98. The minimum atomic E-state index is 0.256. The van der Waals surface area contributed by atoms with Crippen molar-refractivity contribution < 1.29 is 0 Å². The maximum atomic E-state index is 3.62. The van der Waals surface area contributed by atoms with Crippen LogP contribution in [0.3, 0.4) is 0 Å². The van der Waals surface area contributed by atoms with Crippen molar-refractivity contribution in [2.45, 2.75) is 71.1 Å². The standard InChI is InChI=1S/C12H27N3/c1-9(2)13-8-14-10-6-11(7-10)15-12(3,4)5/h9-11,13-15H,6-8H2,1-5H3. The highest BCUT2D eigenvalue weighted by Gasteiger charge is 2.30. The molecule has 0 saturated heterocycles. The molecule has 0 spiro atoms. The van der Waals surface area contributed by atoms with Gasteiger partial charge in [-0.05, 0) is 47.5 Å². The average Bonchev–Trinajstić information content (AvgIpc) is 1.96. The van der Waals surface area contributed by atoms with E-state index in [9.17, 15) is 0 Å². The molecule has 3 heteroatoms. The first kappa shape index (κ1) is 12.9. The molecule has 90 valence electrons. The monoisotopic (exact) mass is 213 g/mol. The molecule has 1 aliphatic carbocycles. The third-order valence-electron chi connectivity index (χ3n) is 2.68. The molecule has 3 N–H and O–H groups in total. The van der Waals surface area contributed by atoms with E-state index in [1.165, 1.54) is 12.8 Å². The van der Waals surface area contributed by atoms with Crippen LogP contribution in [0.2, 0.25) is 0 Å². The van der Waals surface area contributed by atoms with Crippen LogP contribution in [0.1, 0.15) is 47.5 Å². The molecule has 0 aliphatic heterocycles. The molecule has 0 bridgehead atoms. The molecule has 0 aromatic heterocycles. The SMILES string of the molecule is CC(C)NCNC1CC(NC(C)(C)C)C1. The molecule has 0 heterocycles. The summed E-state index contributed by atoms with van der Waals surface area (Å²) in [4.78, 5) is 0. The normalized spacial score (nSPS) is 26.8. The molecule has 0 amide bonds. The average molecular weight is 213 g/mol. The Morgan fingerprint density at radius 1 is 1.13 bits per heavy atom.